The molecule has 0 aromatic heterocycles. The largest absolute Gasteiger partial charge is 0.381 e. The van der Waals surface area contributed by atoms with Crippen LogP contribution in [0.2, 0.25) is 0 Å². The van der Waals surface area contributed by atoms with E-state index in [0.29, 0.717) is 17.4 Å². The molecule has 3 saturated carbocycles. The molecule has 0 amide bonds. The van der Waals surface area contributed by atoms with Crippen LogP contribution in [-0.4, -0.2) is 28.2 Å². The Kier molecular flexibility index (Phi) is 6.76. The van der Waals surface area contributed by atoms with Crippen molar-refractivity contribution in [1.82, 2.24) is 0 Å². The van der Waals surface area contributed by atoms with Crippen LogP contribution in [0.1, 0.15) is 77.7 Å². The predicted octanol–water partition coefficient (Wildman–Crippen LogP) is 6.93. The van der Waals surface area contributed by atoms with Crippen LogP contribution in [0, 0.1) is 47.3 Å². The molecule has 0 bridgehead atoms. The normalized spacial score (nSPS) is 39.8. The zero-order chi connectivity index (χ0) is 25.0. The maximum atomic E-state index is 12.8. The number of fused-ring (bicyclic) bond motifs is 5. The number of benzene rings is 1. The van der Waals surface area contributed by atoms with Crippen molar-refractivity contribution in [3.63, 3.8) is 0 Å². The minimum atomic E-state index is -3.72. The number of ether oxygens (including phenoxy) is 1. The summed E-state index contributed by atoms with van der Waals surface area (Å²) in [5.74, 6) is 3.02. The van der Waals surface area contributed by atoms with Crippen LogP contribution in [0.25, 0.3) is 0 Å². The fraction of sp³-hybridized carbons (Fsp3) is 0.733. The van der Waals surface area contributed by atoms with Gasteiger partial charge in [-0.3, -0.25) is 4.18 Å². The standard InChI is InChI=1S/C30H44O4S/c1-20-6-9-24(10-7-20)35(31,32)34-19-21(2)26-12-13-27-25-11-8-22-18-23(33-5)14-16-29(22,3)28(25)15-17-30(26,27)4/h6-10,21,23,25-28H,11-19H2,1-5H3/t21-,23+,25+,26-,27+,28+,29+,30-/m1/s1. The lowest BCUT2D eigenvalue weighted by Crippen LogP contribution is -2.51. The average Bonchev–Trinajstić information content (AvgIpc) is 3.19. The minimum absolute atomic E-state index is 0.226. The summed E-state index contributed by atoms with van der Waals surface area (Å²) >= 11 is 0. The average molecular weight is 501 g/mol. The monoisotopic (exact) mass is 500 g/mol. The van der Waals surface area contributed by atoms with Crippen LogP contribution in [0.15, 0.2) is 40.8 Å². The van der Waals surface area contributed by atoms with Gasteiger partial charge in [-0.05, 0) is 111 Å². The third kappa shape index (κ3) is 4.34. The maximum Gasteiger partial charge on any atom is 0.296 e. The second-order valence-corrected chi connectivity index (χ2v) is 14.2. The molecule has 8 atom stereocenters. The Morgan fingerprint density at radius 2 is 1.77 bits per heavy atom. The molecular formula is C30H44O4S. The molecular weight excluding hydrogens is 456 g/mol. The second-order valence-electron chi connectivity index (χ2n) is 12.6. The quantitative estimate of drug-likeness (QED) is 0.314. The van der Waals surface area contributed by atoms with Gasteiger partial charge in [0.1, 0.15) is 0 Å². The Balaban J connectivity index is 1.28. The van der Waals surface area contributed by atoms with Crippen LogP contribution in [-0.2, 0) is 19.0 Å². The number of allylic oxidation sites excluding steroid dienone is 1. The summed E-state index contributed by atoms with van der Waals surface area (Å²) in [5.41, 5.74) is 3.33. The molecule has 0 radical (unpaired) electrons. The molecule has 35 heavy (non-hydrogen) atoms. The first-order chi connectivity index (χ1) is 16.6. The fourth-order valence-corrected chi connectivity index (χ4v) is 9.89. The van der Waals surface area contributed by atoms with E-state index in [1.807, 2.05) is 26.2 Å². The number of methoxy groups -OCH3 is 1. The molecule has 5 heteroatoms. The molecule has 3 fully saturated rings. The SMILES string of the molecule is CO[C@H]1CC[C@@]2(C)C(=CC[C@H]3[C@@H]4CC[C@H]([C@H](C)COS(=O)(=O)c5ccc(C)cc5)[C@@]4(C)CC[C@@H]32)C1. The smallest absolute Gasteiger partial charge is 0.296 e. The lowest BCUT2D eigenvalue weighted by molar-refractivity contribution is -0.0617. The first-order valence-corrected chi connectivity index (χ1v) is 15.2. The van der Waals surface area contributed by atoms with Gasteiger partial charge in [-0.1, -0.05) is 50.1 Å². The molecule has 0 heterocycles. The van der Waals surface area contributed by atoms with Crippen molar-refractivity contribution < 1.29 is 17.3 Å². The second kappa shape index (κ2) is 9.29. The minimum Gasteiger partial charge on any atom is -0.381 e. The number of aryl methyl sites for hydroxylation is 1. The number of hydrogen-bond donors (Lipinski definition) is 0. The van der Waals surface area contributed by atoms with Gasteiger partial charge in [-0.2, -0.15) is 8.42 Å². The summed E-state index contributed by atoms with van der Waals surface area (Å²) in [7, 11) is -1.85. The molecule has 4 aliphatic rings. The van der Waals surface area contributed by atoms with Gasteiger partial charge in [0, 0.05) is 7.11 Å². The lowest BCUT2D eigenvalue weighted by Gasteiger charge is -2.58. The van der Waals surface area contributed by atoms with Gasteiger partial charge in [-0.25, -0.2) is 0 Å². The van der Waals surface area contributed by atoms with Gasteiger partial charge >= 0.3 is 0 Å². The van der Waals surface area contributed by atoms with Crippen LogP contribution < -0.4 is 0 Å². The van der Waals surface area contributed by atoms with Gasteiger partial charge in [0.2, 0.25) is 0 Å². The molecule has 0 N–H and O–H groups in total. The number of rotatable bonds is 6. The summed E-state index contributed by atoms with van der Waals surface area (Å²) < 4.78 is 36.9. The van der Waals surface area contributed by atoms with Crippen molar-refractivity contribution in [2.75, 3.05) is 13.7 Å². The molecule has 0 saturated heterocycles. The molecule has 5 rings (SSSR count). The van der Waals surface area contributed by atoms with Gasteiger partial charge in [0.15, 0.2) is 0 Å². The Labute approximate surface area is 213 Å². The van der Waals surface area contributed by atoms with E-state index in [1.165, 1.54) is 44.9 Å². The Morgan fingerprint density at radius 3 is 2.49 bits per heavy atom. The highest BCUT2D eigenvalue weighted by Gasteiger charge is 2.59. The van der Waals surface area contributed by atoms with Crippen LogP contribution >= 0.6 is 0 Å². The van der Waals surface area contributed by atoms with E-state index >= 15 is 0 Å². The van der Waals surface area contributed by atoms with E-state index in [0.717, 1.165) is 29.7 Å². The highest BCUT2D eigenvalue weighted by molar-refractivity contribution is 7.86. The van der Waals surface area contributed by atoms with E-state index in [-0.39, 0.29) is 22.8 Å². The molecule has 1 aromatic carbocycles. The van der Waals surface area contributed by atoms with E-state index in [9.17, 15) is 8.42 Å². The van der Waals surface area contributed by atoms with Crippen molar-refractivity contribution in [2.45, 2.75) is 90.1 Å². The number of hydrogen-bond acceptors (Lipinski definition) is 4. The van der Waals surface area contributed by atoms with E-state index < -0.39 is 10.1 Å². The molecule has 1 aromatic rings. The van der Waals surface area contributed by atoms with Crippen LogP contribution in [0.5, 0.6) is 0 Å². The first kappa shape index (κ1) is 25.5. The highest BCUT2D eigenvalue weighted by Crippen LogP contribution is 2.67. The van der Waals surface area contributed by atoms with Crippen LogP contribution in [0.4, 0.5) is 0 Å². The van der Waals surface area contributed by atoms with Crippen LogP contribution in [0.3, 0.4) is 0 Å². The molecule has 194 valence electrons. The third-order valence-electron chi connectivity index (χ3n) is 10.9. The topological polar surface area (TPSA) is 52.6 Å². The molecule has 4 aliphatic carbocycles. The molecule has 4 nitrogen and oxygen atoms in total. The van der Waals surface area contributed by atoms with Gasteiger partial charge in [0.05, 0.1) is 17.6 Å². The van der Waals surface area contributed by atoms with E-state index in [1.54, 1.807) is 17.7 Å². The summed E-state index contributed by atoms with van der Waals surface area (Å²) in [6, 6.07) is 6.95. The summed E-state index contributed by atoms with van der Waals surface area (Å²) in [5, 5.41) is 0. The Morgan fingerprint density at radius 1 is 1.03 bits per heavy atom. The first-order valence-electron chi connectivity index (χ1n) is 13.8. The van der Waals surface area contributed by atoms with E-state index in [4.69, 9.17) is 8.92 Å². The van der Waals surface area contributed by atoms with Crippen molar-refractivity contribution in [3.05, 3.63) is 41.5 Å². The summed E-state index contributed by atoms with van der Waals surface area (Å²) in [6.45, 7) is 9.50. The van der Waals surface area contributed by atoms with Gasteiger partial charge in [0.25, 0.3) is 10.1 Å². The zero-order valence-corrected chi connectivity index (χ0v) is 23.1. The third-order valence-corrected chi connectivity index (χ3v) is 12.2. The maximum absolute atomic E-state index is 12.8. The van der Waals surface area contributed by atoms with Crippen molar-refractivity contribution in [1.29, 1.82) is 0 Å². The van der Waals surface area contributed by atoms with Gasteiger partial charge < -0.3 is 4.74 Å². The van der Waals surface area contributed by atoms with Crippen molar-refractivity contribution >= 4 is 10.1 Å². The molecule has 0 unspecified atom stereocenters. The Hall–Kier alpha value is -1.17. The van der Waals surface area contributed by atoms with E-state index in [2.05, 4.69) is 26.8 Å². The molecule has 0 spiro atoms. The zero-order valence-electron chi connectivity index (χ0n) is 22.3. The Bertz CT molecular complexity index is 1060. The van der Waals surface area contributed by atoms with Crippen molar-refractivity contribution in [3.8, 4) is 0 Å². The lowest BCUT2D eigenvalue weighted by atomic mass is 9.47. The fourth-order valence-electron chi connectivity index (χ4n) is 8.89. The predicted molar refractivity (Wildman–Crippen MR) is 139 cm³/mol. The summed E-state index contributed by atoms with van der Waals surface area (Å²) in [4.78, 5) is 0.257. The highest BCUT2D eigenvalue weighted by atomic mass is 32.2. The molecule has 0 aliphatic heterocycles. The van der Waals surface area contributed by atoms with Crippen molar-refractivity contribution in [2.24, 2.45) is 40.4 Å². The summed E-state index contributed by atoms with van der Waals surface area (Å²) in [6.07, 6.45) is 12.8. The van der Waals surface area contributed by atoms with Gasteiger partial charge in [-0.15, -0.1) is 0 Å².